The second kappa shape index (κ2) is 6.43. The van der Waals surface area contributed by atoms with Crippen molar-refractivity contribution in [2.45, 2.75) is 13.5 Å². The van der Waals surface area contributed by atoms with E-state index < -0.39 is 0 Å². The Labute approximate surface area is 123 Å². The first-order chi connectivity index (χ1) is 9.63. The topological polar surface area (TPSA) is 59.1 Å². The maximum absolute atomic E-state index is 6.20. The quantitative estimate of drug-likeness (QED) is 0.887. The van der Waals surface area contributed by atoms with Crippen molar-refractivity contribution < 1.29 is 4.74 Å². The summed E-state index contributed by atoms with van der Waals surface area (Å²) in [5.74, 6) is 2.08. The summed E-state index contributed by atoms with van der Waals surface area (Å²) in [6.07, 6.45) is 0. The molecule has 0 bridgehead atoms. The van der Waals surface area contributed by atoms with Gasteiger partial charge in [-0.1, -0.05) is 17.7 Å². The zero-order valence-electron chi connectivity index (χ0n) is 11.7. The summed E-state index contributed by atoms with van der Waals surface area (Å²) in [5, 5.41) is 6.83. The fourth-order valence-electron chi connectivity index (χ4n) is 1.85. The summed E-state index contributed by atoms with van der Waals surface area (Å²) >= 11 is 6.20. The number of anilines is 2. The minimum atomic E-state index is 0.530. The van der Waals surface area contributed by atoms with Gasteiger partial charge in [0.1, 0.15) is 11.6 Å². The Morgan fingerprint density at radius 1 is 1.30 bits per heavy atom. The number of hydrogen-bond acceptors (Lipinski definition) is 5. The Balaban J connectivity index is 2.19. The molecule has 2 aromatic rings. The van der Waals surface area contributed by atoms with Gasteiger partial charge in [-0.25, -0.2) is 4.98 Å². The lowest BCUT2D eigenvalue weighted by Gasteiger charge is -2.12. The molecule has 0 atom stereocenters. The first kappa shape index (κ1) is 14.4. The number of aryl methyl sites for hydroxylation is 1. The zero-order chi connectivity index (χ0) is 14.5. The van der Waals surface area contributed by atoms with Crippen LogP contribution in [0.4, 0.5) is 11.8 Å². The second-order valence-electron chi connectivity index (χ2n) is 4.24. The highest BCUT2D eigenvalue weighted by Gasteiger charge is 2.08. The predicted molar refractivity (Wildman–Crippen MR) is 81.6 cm³/mol. The lowest BCUT2D eigenvalue weighted by atomic mass is 10.2. The molecule has 1 aromatic heterocycles. The van der Waals surface area contributed by atoms with Crippen molar-refractivity contribution in [3.8, 4) is 5.75 Å². The van der Waals surface area contributed by atoms with Crippen molar-refractivity contribution in [2.24, 2.45) is 0 Å². The first-order valence-corrected chi connectivity index (χ1v) is 6.60. The van der Waals surface area contributed by atoms with Crippen LogP contribution in [0.5, 0.6) is 5.75 Å². The molecular formula is C14H17ClN4O. The van der Waals surface area contributed by atoms with E-state index in [1.165, 1.54) is 0 Å². The Hall–Kier alpha value is -2.01. The smallest absolute Gasteiger partial charge is 0.224 e. The third kappa shape index (κ3) is 3.30. The largest absolute Gasteiger partial charge is 0.496 e. The van der Waals surface area contributed by atoms with Gasteiger partial charge in [0.25, 0.3) is 0 Å². The average molecular weight is 293 g/mol. The molecule has 0 fully saturated rings. The highest BCUT2D eigenvalue weighted by Crippen LogP contribution is 2.27. The van der Waals surface area contributed by atoms with Gasteiger partial charge in [0, 0.05) is 35.9 Å². The van der Waals surface area contributed by atoms with Crippen LogP contribution in [-0.4, -0.2) is 24.1 Å². The summed E-state index contributed by atoms with van der Waals surface area (Å²) in [4.78, 5) is 8.58. The normalized spacial score (nSPS) is 10.2. The lowest BCUT2D eigenvalue weighted by molar-refractivity contribution is 0.410. The Morgan fingerprint density at radius 3 is 2.80 bits per heavy atom. The zero-order valence-corrected chi connectivity index (χ0v) is 12.5. The minimum Gasteiger partial charge on any atom is -0.496 e. The Morgan fingerprint density at radius 2 is 2.10 bits per heavy atom. The molecule has 0 aliphatic heterocycles. The number of nitrogens with one attached hydrogen (secondary N) is 2. The highest BCUT2D eigenvalue weighted by molar-refractivity contribution is 6.31. The maximum Gasteiger partial charge on any atom is 0.224 e. The average Bonchev–Trinajstić information content (AvgIpc) is 2.45. The fraction of sp³-hybridized carbons (Fsp3) is 0.286. The van der Waals surface area contributed by atoms with Gasteiger partial charge in [0.15, 0.2) is 0 Å². The highest BCUT2D eigenvalue weighted by atomic mass is 35.5. The third-order valence-electron chi connectivity index (χ3n) is 2.82. The van der Waals surface area contributed by atoms with E-state index in [4.69, 9.17) is 16.3 Å². The molecule has 0 radical (unpaired) electrons. The molecule has 20 heavy (non-hydrogen) atoms. The van der Waals surface area contributed by atoms with E-state index in [1.807, 2.05) is 31.2 Å². The van der Waals surface area contributed by atoms with Crippen LogP contribution < -0.4 is 15.4 Å². The van der Waals surface area contributed by atoms with E-state index in [0.717, 1.165) is 22.8 Å². The Bertz CT molecular complexity index is 604. The van der Waals surface area contributed by atoms with Crippen molar-refractivity contribution in [3.05, 3.63) is 40.5 Å². The molecule has 6 heteroatoms. The first-order valence-electron chi connectivity index (χ1n) is 6.22. The van der Waals surface area contributed by atoms with Crippen LogP contribution in [0.25, 0.3) is 0 Å². The standard InChI is InChI=1S/C14H17ClN4O/c1-9-7-13(19-14(16-2)18-9)17-8-10-11(15)5-4-6-12(10)20-3/h4-7H,8H2,1-3H3,(H2,16,17,18,19). The molecule has 0 aliphatic carbocycles. The molecule has 0 amide bonds. The molecule has 0 saturated heterocycles. The lowest BCUT2D eigenvalue weighted by Crippen LogP contribution is -2.06. The number of aromatic nitrogens is 2. The van der Waals surface area contributed by atoms with Gasteiger partial charge in [0.05, 0.1) is 7.11 Å². The monoisotopic (exact) mass is 292 g/mol. The summed E-state index contributed by atoms with van der Waals surface area (Å²) in [6.45, 7) is 2.45. The van der Waals surface area contributed by atoms with Crippen LogP contribution in [0.2, 0.25) is 5.02 Å². The molecule has 2 N–H and O–H groups in total. The van der Waals surface area contributed by atoms with E-state index in [-0.39, 0.29) is 0 Å². The van der Waals surface area contributed by atoms with E-state index in [1.54, 1.807) is 14.2 Å². The van der Waals surface area contributed by atoms with Crippen molar-refractivity contribution >= 4 is 23.4 Å². The molecule has 106 valence electrons. The number of halogens is 1. The molecule has 0 unspecified atom stereocenters. The van der Waals surface area contributed by atoms with Crippen molar-refractivity contribution in [1.82, 2.24) is 9.97 Å². The van der Waals surface area contributed by atoms with Crippen LogP contribution >= 0.6 is 11.6 Å². The van der Waals surface area contributed by atoms with Crippen LogP contribution in [0.3, 0.4) is 0 Å². The van der Waals surface area contributed by atoms with Gasteiger partial charge in [-0.05, 0) is 19.1 Å². The molecule has 5 nitrogen and oxygen atoms in total. The van der Waals surface area contributed by atoms with Crippen LogP contribution in [0.1, 0.15) is 11.3 Å². The van der Waals surface area contributed by atoms with Crippen LogP contribution in [0.15, 0.2) is 24.3 Å². The van der Waals surface area contributed by atoms with E-state index >= 15 is 0 Å². The van der Waals surface area contributed by atoms with Crippen LogP contribution in [-0.2, 0) is 6.54 Å². The van der Waals surface area contributed by atoms with Crippen molar-refractivity contribution in [1.29, 1.82) is 0 Å². The number of benzene rings is 1. The van der Waals surface area contributed by atoms with Gasteiger partial charge in [-0.15, -0.1) is 0 Å². The van der Waals surface area contributed by atoms with Gasteiger partial charge in [-0.3, -0.25) is 0 Å². The SMILES string of the molecule is CNc1nc(C)cc(NCc2c(Cl)cccc2OC)n1. The third-order valence-corrected chi connectivity index (χ3v) is 3.17. The number of nitrogens with zero attached hydrogens (tertiary/aromatic N) is 2. The Kier molecular flexibility index (Phi) is 4.63. The molecule has 1 heterocycles. The van der Waals surface area contributed by atoms with Crippen LogP contribution in [0, 0.1) is 6.92 Å². The summed E-state index contributed by atoms with van der Waals surface area (Å²) < 4.78 is 5.31. The van der Waals surface area contributed by atoms with Crippen molar-refractivity contribution in [3.63, 3.8) is 0 Å². The molecular weight excluding hydrogens is 276 g/mol. The fourth-order valence-corrected chi connectivity index (χ4v) is 2.08. The van der Waals surface area contributed by atoms with E-state index in [9.17, 15) is 0 Å². The van der Waals surface area contributed by atoms with Gasteiger partial charge in [-0.2, -0.15) is 4.98 Å². The maximum atomic E-state index is 6.20. The number of methoxy groups -OCH3 is 1. The molecule has 0 spiro atoms. The molecule has 1 aromatic carbocycles. The van der Waals surface area contributed by atoms with E-state index in [2.05, 4.69) is 20.6 Å². The van der Waals surface area contributed by atoms with Gasteiger partial charge < -0.3 is 15.4 Å². The predicted octanol–water partition coefficient (Wildman–Crippen LogP) is 3.10. The van der Waals surface area contributed by atoms with Crippen molar-refractivity contribution in [2.75, 3.05) is 24.8 Å². The van der Waals surface area contributed by atoms with E-state index in [0.29, 0.717) is 17.5 Å². The molecule has 0 aliphatic rings. The summed E-state index contributed by atoms with van der Waals surface area (Å²) in [5.41, 5.74) is 1.79. The number of ether oxygens (including phenoxy) is 1. The number of rotatable bonds is 5. The van der Waals surface area contributed by atoms with Gasteiger partial charge in [0.2, 0.25) is 5.95 Å². The number of hydrogen-bond donors (Lipinski definition) is 2. The molecule has 0 saturated carbocycles. The second-order valence-corrected chi connectivity index (χ2v) is 4.65. The minimum absolute atomic E-state index is 0.530. The summed E-state index contributed by atoms with van der Waals surface area (Å²) in [6, 6.07) is 7.46. The summed E-state index contributed by atoms with van der Waals surface area (Å²) in [7, 11) is 3.42. The molecule has 2 rings (SSSR count). The van der Waals surface area contributed by atoms with Gasteiger partial charge >= 0.3 is 0 Å².